The Morgan fingerprint density at radius 2 is 0.780 bits per heavy atom. The number of aryl methyl sites for hydroxylation is 6. The van der Waals surface area contributed by atoms with Crippen molar-refractivity contribution < 1.29 is 87.2 Å². The van der Waals surface area contributed by atoms with Gasteiger partial charge in [0.2, 0.25) is 11.8 Å². The smallest absolute Gasteiger partial charge is 0.341 e. The second kappa shape index (κ2) is 42.4. The number of aliphatic hydroxyl groups excluding tert-OH is 4. The minimum absolute atomic E-state index is 0.0271. The maximum Gasteiger partial charge on any atom is 0.341 e. The number of Topliss-reactive ketones (excluding diaryl/α,β-unsaturated/α-hetero) is 2. The molecule has 2 atom stereocenters. The second-order valence-corrected chi connectivity index (χ2v) is 37.0. The molecule has 14 rings (SSSR count). The fraction of sp³-hybridized carbons (Fsp3) is 0.440. The molecule has 6 aliphatic heterocycles. The van der Waals surface area contributed by atoms with E-state index in [1.54, 1.807) is 38.1 Å². The first kappa shape index (κ1) is 99.0. The number of hydrogen-bond donors (Lipinski definition) is 8. The standard InChI is InChI=1S/C50H60Cl2N6O9.C50H58Cl2N4O9/c1-28-16-37-42(22-40(28)55(4)5)66-43-23-41(56(6)7)29(2)17-38(43)50(37)46-39(51)21-35(47(52)45(46)49(64)67-50)48(63)54-24-36-31(26-59)19-34(20-32(36)27-60)65-30(3)18-44(62)53-11-9-10-33(61)25-58-14-12-57(8)13-15-58;1-7-31-21-42-39(16-28(31)3)50(40-17-29(4)32(8-2)22-43(40)64-42)46-41(51)23-37(47(52)45(46)49(62)65-50)48(61)54-24-38-33(26-57)19-36(20-34(38)27-58)63-30(5)18-44(60)53-11-9-10-35(59)25-56-14-12-55(6)13-15-56/h16-17,19-23,30,59-60H,9-15,18,24-27H2,1-8H3,(H,53,62)(H,54,63);16-17,19-23,30,57-58H,7-15,18,24-27H2,1-6H3,(H,53,60)(H,54,61). The van der Waals surface area contributed by atoms with Gasteiger partial charge in [-0.05, 0) is 221 Å². The zero-order valence-corrected chi connectivity index (χ0v) is 80.3. The van der Waals surface area contributed by atoms with Crippen LogP contribution in [0.1, 0.15) is 208 Å². The fourth-order valence-corrected chi connectivity index (χ4v) is 19.8. The van der Waals surface area contributed by atoms with Gasteiger partial charge in [-0.25, -0.2) is 9.59 Å². The van der Waals surface area contributed by atoms with Crippen LogP contribution in [0.15, 0.2) is 84.9 Å². The molecule has 4 amide bonds. The Morgan fingerprint density at radius 3 is 1.10 bits per heavy atom. The summed E-state index contributed by atoms with van der Waals surface area (Å²) in [5.74, 6) is -0.343. The largest absolute Gasteiger partial charge is 0.490 e. The van der Waals surface area contributed by atoms with Crippen LogP contribution in [-0.4, -0.2) is 220 Å². The Morgan fingerprint density at radius 1 is 0.455 bits per heavy atom. The van der Waals surface area contributed by atoms with Crippen LogP contribution in [0.25, 0.3) is 0 Å². The third-order valence-electron chi connectivity index (χ3n) is 25.6. The number of carbonyl (C=O) groups is 8. The van der Waals surface area contributed by atoms with E-state index in [4.69, 9.17) is 74.8 Å². The Labute approximate surface area is 790 Å². The molecule has 2 spiro atoms. The molecule has 0 saturated carbocycles. The molecule has 28 nitrogen and oxygen atoms in total. The number of likely N-dealkylation sites (N-methyl/N-ethyl adjacent to an activating group) is 2. The Kier molecular flexibility index (Phi) is 31.8. The van der Waals surface area contributed by atoms with E-state index < -0.39 is 73.6 Å². The van der Waals surface area contributed by atoms with Gasteiger partial charge in [0.15, 0.2) is 11.2 Å². The van der Waals surface area contributed by atoms with E-state index >= 15 is 0 Å². The number of ether oxygens (including phenoxy) is 6. The highest BCUT2D eigenvalue weighted by molar-refractivity contribution is 6.41. The number of aliphatic hydroxyl groups is 4. The first-order valence-corrected chi connectivity index (χ1v) is 46.3. The van der Waals surface area contributed by atoms with Crippen molar-refractivity contribution in [2.75, 3.05) is 131 Å². The number of benzene rings is 8. The molecule has 0 aliphatic carbocycles. The van der Waals surface area contributed by atoms with Crippen molar-refractivity contribution >= 4 is 105 Å². The van der Waals surface area contributed by atoms with Crippen LogP contribution < -0.4 is 50.0 Å². The molecule has 2 unspecified atom stereocenters. The molecular formula is C100H118Cl4N10O18. The summed E-state index contributed by atoms with van der Waals surface area (Å²) >= 11 is 28.4. The number of nitrogens with one attached hydrogen (secondary N) is 4. The topological polar surface area (TPSA) is 340 Å². The normalized spacial score (nSPS) is 15.6. The minimum atomic E-state index is -1.57. The average Bonchev–Trinajstić information content (AvgIpc) is 1.51. The maximum atomic E-state index is 14.2. The number of anilines is 2. The van der Waals surface area contributed by atoms with Gasteiger partial charge in [0.25, 0.3) is 11.8 Å². The Balaban J connectivity index is 0.000000225. The summed E-state index contributed by atoms with van der Waals surface area (Å²) < 4.78 is 38.1. The van der Waals surface area contributed by atoms with Crippen LogP contribution in [-0.2, 0) is 92.2 Å². The lowest BCUT2D eigenvalue weighted by atomic mass is 9.75. The lowest BCUT2D eigenvalue weighted by Crippen LogP contribution is -2.46. The minimum Gasteiger partial charge on any atom is -0.490 e. The predicted octanol–water partition coefficient (Wildman–Crippen LogP) is 13.2. The zero-order valence-electron chi connectivity index (χ0n) is 77.3. The third kappa shape index (κ3) is 20.9. The Hall–Kier alpha value is -10.4. The van der Waals surface area contributed by atoms with Crippen molar-refractivity contribution in [2.45, 2.75) is 170 Å². The highest BCUT2D eigenvalue weighted by Crippen LogP contribution is 2.62. The van der Waals surface area contributed by atoms with E-state index in [1.165, 1.54) is 12.1 Å². The van der Waals surface area contributed by atoms with Crippen molar-refractivity contribution in [3.63, 3.8) is 0 Å². The second-order valence-electron chi connectivity index (χ2n) is 35.4. The van der Waals surface area contributed by atoms with Crippen molar-refractivity contribution in [3.05, 3.63) is 227 Å². The summed E-state index contributed by atoms with van der Waals surface area (Å²) in [4.78, 5) is 119. The predicted molar refractivity (Wildman–Crippen MR) is 506 cm³/mol. The van der Waals surface area contributed by atoms with E-state index in [2.05, 4.69) is 68.8 Å². The van der Waals surface area contributed by atoms with Gasteiger partial charge in [-0.15, -0.1) is 0 Å². The molecule has 8 aromatic carbocycles. The molecule has 704 valence electrons. The highest BCUT2D eigenvalue weighted by Gasteiger charge is 2.59. The van der Waals surface area contributed by atoms with Gasteiger partial charge in [0.05, 0.1) is 94.7 Å². The van der Waals surface area contributed by atoms with Crippen molar-refractivity contribution in [1.29, 1.82) is 0 Å². The van der Waals surface area contributed by atoms with E-state index in [9.17, 15) is 58.8 Å². The summed E-state index contributed by atoms with van der Waals surface area (Å²) in [5.41, 5.74) is 9.73. The average molecular weight is 1890 g/mol. The third-order valence-corrected chi connectivity index (χ3v) is 26.9. The molecule has 2 saturated heterocycles. The Bertz CT molecular complexity index is 5640. The van der Waals surface area contributed by atoms with Gasteiger partial charge >= 0.3 is 11.9 Å². The first-order valence-electron chi connectivity index (χ1n) is 44.8. The first-order chi connectivity index (χ1) is 63.0. The monoisotopic (exact) mass is 1890 g/mol. The van der Waals surface area contributed by atoms with Crippen molar-refractivity contribution in [1.82, 2.24) is 40.9 Å². The summed E-state index contributed by atoms with van der Waals surface area (Å²) in [7, 11) is 11.9. The molecule has 2 fully saturated rings. The number of hydrogen-bond acceptors (Lipinski definition) is 24. The van der Waals surface area contributed by atoms with Gasteiger partial charge in [-0.2, -0.15) is 0 Å². The van der Waals surface area contributed by atoms with Crippen LogP contribution in [0.4, 0.5) is 11.4 Å². The molecule has 6 aliphatic rings. The van der Waals surface area contributed by atoms with Gasteiger partial charge < -0.3 is 89.7 Å². The van der Waals surface area contributed by atoms with Crippen molar-refractivity contribution in [2.24, 2.45) is 0 Å². The molecule has 0 radical (unpaired) electrons. The quantitative estimate of drug-likeness (QED) is 0.0137. The number of rotatable bonds is 34. The molecule has 132 heavy (non-hydrogen) atoms. The van der Waals surface area contributed by atoms with Crippen LogP contribution >= 0.6 is 46.4 Å². The molecule has 6 heterocycles. The number of nitrogens with zero attached hydrogens (tertiary/aromatic N) is 6. The number of halogens is 4. The zero-order chi connectivity index (χ0) is 95.2. The molecule has 32 heteroatoms. The number of esters is 2. The lowest BCUT2D eigenvalue weighted by molar-refractivity contribution is -0.123. The molecule has 8 aromatic rings. The number of ketones is 2. The number of piperazine rings is 2. The molecule has 0 bridgehead atoms. The van der Waals surface area contributed by atoms with Gasteiger partial charge in [-0.1, -0.05) is 60.3 Å². The van der Waals surface area contributed by atoms with Crippen LogP contribution in [0.5, 0.6) is 34.5 Å². The maximum absolute atomic E-state index is 14.2. The fourth-order valence-electron chi connectivity index (χ4n) is 18.5. The van der Waals surface area contributed by atoms with Crippen LogP contribution in [0.3, 0.4) is 0 Å². The van der Waals surface area contributed by atoms with E-state index in [-0.39, 0.29) is 97.2 Å². The summed E-state index contributed by atoms with van der Waals surface area (Å²) in [6.45, 7) is 22.3. The number of amides is 4. The van der Waals surface area contributed by atoms with E-state index in [1.807, 2.05) is 114 Å². The molecule has 8 N–H and O–H groups in total. The van der Waals surface area contributed by atoms with Gasteiger partial charge in [0.1, 0.15) is 58.3 Å². The van der Waals surface area contributed by atoms with Crippen LogP contribution in [0.2, 0.25) is 20.1 Å². The summed E-state index contributed by atoms with van der Waals surface area (Å²) in [6, 6.07) is 24.7. The highest BCUT2D eigenvalue weighted by atomic mass is 35.5. The van der Waals surface area contributed by atoms with E-state index in [0.717, 1.165) is 110 Å². The molecule has 0 aromatic heterocycles. The summed E-state index contributed by atoms with van der Waals surface area (Å²) in [6.07, 6.45) is 2.34. The van der Waals surface area contributed by atoms with Gasteiger partial charge in [-0.3, -0.25) is 38.6 Å². The lowest BCUT2D eigenvalue weighted by Gasteiger charge is -2.38. The summed E-state index contributed by atoms with van der Waals surface area (Å²) in [5, 5.41) is 52.9. The van der Waals surface area contributed by atoms with Crippen LogP contribution in [0, 0.1) is 27.7 Å². The van der Waals surface area contributed by atoms with E-state index in [0.29, 0.717) is 148 Å². The SMILES string of the molecule is CCc1cc2c(cc1C)C1(OC(=O)c3c(Cl)c(C(=O)NCc4c(CO)cc(OC(C)CC(=O)NCCCC(=O)CN5CCN(C)CC5)cc4CO)cc(Cl)c31)c1cc(C)c(CC)cc1O2.Cc1cc2c(cc1N(C)C)Oc1cc(N(C)C)c(C)cc1C21OC(=O)c2c(Cl)c(C(=O)NCc3c(CO)cc(OC(C)CC(=O)NCCCC(=O)CN4CCN(C)CC4)cc3CO)cc(Cl)c21. The molecular weight excluding hydrogens is 1770 g/mol. The van der Waals surface area contributed by atoms with Gasteiger partial charge in [0, 0.05) is 176 Å². The number of carbonyl (C=O) groups excluding carboxylic acids is 8. The number of fused-ring (bicyclic) bond motifs is 12. The van der Waals surface area contributed by atoms with Crippen molar-refractivity contribution in [3.8, 4) is 34.5 Å².